The SMILES string of the molecule is CC(C)Cn1cnc2sc3c(c2c1=O)CCC(NCCc1cnn(C)c1)C3. The summed E-state index contributed by atoms with van der Waals surface area (Å²) in [6.45, 7) is 5.93. The molecule has 3 aromatic heterocycles. The van der Waals surface area contributed by atoms with Crippen molar-refractivity contribution in [2.75, 3.05) is 6.54 Å². The molecule has 0 amide bonds. The van der Waals surface area contributed by atoms with Gasteiger partial charge >= 0.3 is 0 Å². The molecule has 1 aliphatic rings. The van der Waals surface area contributed by atoms with Crippen molar-refractivity contribution in [2.24, 2.45) is 13.0 Å². The van der Waals surface area contributed by atoms with Crippen molar-refractivity contribution in [3.05, 3.63) is 45.1 Å². The molecule has 4 rings (SSSR count). The highest BCUT2D eigenvalue weighted by atomic mass is 32.1. The lowest BCUT2D eigenvalue weighted by Crippen LogP contribution is -2.35. The number of nitrogens with zero attached hydrogens (tertiary/aromatic N) is 4. The van der Waals surface area contributed by atoms with E-state index < -0.39 is 0 Å². The second-order valence-corrected chi connectivity index (χ2v) is 9.03. The van der Waals surface area contributed by atoms with E-state index in [4.69, 9.17) is 0 Å². The zero-order valence-electron chi connectivity index (χ0n) is 16.2. The third kappa shape index (κ3) is 3.84. The fourth-order valence-electron chi connectivity index (χ4n) is 3.92. The summed E-state index contributed by atoms with van der Waals surface area (Å²) in [6.07, 6.45) is 9.74. The number of fused-ring (bicyclic) bond motifs is 3. The van der Waals surface area contributed by atoms with Crippen molar-refractivity contribution in [3.63, 3.8) is 0 Å². The molecule has 0 saturated carbocycles. The van der Waals surface area contributed by atoms with Gasteiger partial charge in [-0.2, -0.15) is 5.10 Å². The Morgan fingerprint density at radius 3 is 3.00 bits per heavy atom. The van der Waals surface area contributed by atoms with Crippen LogP contribution in [0.4, 0.5) is 0 Å². The third-order valence-corrected chi connectivity index (χ3v) is 6.37. The first-order valence-corrected chi connectivity index (χ1v) is 10.5. The van der Waals surface area contributed by atoms with Crippen LogP contribution in [0.2, 0.25) is 0 Å². The van der Waals surface area contributed by atoms with Crippen LogP contribution in [0, 0.1) is 5.92 Å². The van der Waals surface area contributed by atoms with Crippen molar-refractivity contribution >= 4 is 21.6 Å². The van der Waals surface area contributed by atoms with Crippen LogP contribution in [0.1, 0.15) is 36.3 Å². The van der Waals surface area contributed by atoms with Crippen molar-refractivity contribution < 1.29 is 0 Å². The minimum atomic E-state index is 0.134. The largest absolute Gasteiger partial charge is 0.313 e. The van der Waals surface area contributed by atoms with Crippen molar-refractivity contribution in [3.8, 4) is 0 Å². The van der Waals surface area contributed by atoms with Gasteiger partial charge in [0.25, 0.3) is 5.56 Å². The maximum atomic E-state index is 12.9. The van der Waals surface area contributed by atoms with Gasteiger partial charge in [0.2, 0.25) is 0 Å². The lowest BCUT2D eigenvalue weighted by atomic mass is 9.93. The van der Waals surface area contributed by atoms with Crippen LogP contribution in [0.15, 0.2) is 23.5 Å². The summed E-state index contributed by atoms with van der Waals surface area (Å²) in [5.41, 5.74) is 2.64. The summed E-state index contributed by atoms with van der Waals surface area (Å²) < 4.78 is 3.62. The first-order valence-electron chi connectivity index (χ1n) is 9.72. The van der Waals surface area contributed by atoms with E-state index in [2.05, 4.69) is 35.4 Å². The predicted octanol–water partition coefficient (Wildman–Crippen LogP) is 2.54. The van der Waals surface area contributed by atoms with E-state index in [9.17, 15) is 4.79 Å². The molecule has 0 aliphatic heterocycles. The number of rotatable bonds is 6. The fraction of sp³-hybridized carbons (Fsp3) is 0.550. The second kappa shape index (κ2) is 7.56. The molecule has 3 heterocycles. The third-order valence-electron chi connectivity index (χ3n) is 5.20. The Morgan fingerprint density at radius 2 is 2.26 bits per heavy atom. The number of hydrogen-bond acceptors (Lipinski definition) is 5. The van der Waals surface area contributed by atoms with Gasteiger partial charge in [-0.3, -0.25) is 14.0 Å². The highest BCUT2D eigenvalue weighted by molar-refractivity contribution is 7.18. The van der Waals surface area contributed by atoms with Gasteiger partial charge in [0.15, 0.2) is 0 Å². The molecule has 1 atom stereocenters. The Hall–Kier alpha value is -1.99. The molecule has 0 fully saturated rings. The number of thiophene rings is 1. The van der Waals surface area contributed by atoms with E-state index in [0.717, 1.165) is 49.0 Å². The molecule has 1 N–H and O–H groups in total. The molecule has 6 nitrogen and oxygen atoms in total. The van der Waals surface area contributed by atoms with Crippen molar-refractivity contribution in [1.82, 2.24) is 24.6 Å². The van der Waals surface area contributed by atoms with Gasteiger partial charge in [-0.15, -0.1) is 11.3 Å². The van der Waals surface area contributed by atoms with Gasteiger partial charge in [-0.1, -0.05) is 13.8 Å². The summed E-state index contributed by atoms with van der Waals surface area (Å²) in [6, 6.07) is 0.472. The summed E-state index contributed by atoms with van der Waals surface area (Å²) in [5, 5.41) is 8.77. The molecule has 7 heteroatoms. The maximum absolute atomic E-state index is 12.9. The molecular weight excluding hydrogens is 358 g/mol. The Labute approximate surface area is 163 Å². The maximum Gasteiger partial charge on any atom is 0.262 e. The first kappa shape index (κ1) is 18.4. The summed E-state index contributed by atoms with van der Waals surface area (Å²) in [5.74, 6) is 0.435. The quantitative estimate of drug-likeness (QED) is 0.708. The average molecular weight is 386 g/mol. The highest BCUT2D eigenvalue weighted by Crippen LogP contribution is 2.33. The van der Waals surface area contributed by atoms with Crippen LogP contribution < -0.4 is 10.9 Å². The minimum Gasteiger partial charge on any atom is -0.313 e. The molecule has 0 aromatic carbocycles. The molecular formula is C20H27N5OS. The topological polar surface area (TPSA) is 64.7 Å². The lowest BCUT2D eigenvalue weighted by molar-refractivity contribution is 0.466. The number of nitrogens with one attached hydrogen (secondary N) is 1. The monoisotopic (exact) mass is 385 g/mol. The molecule has 0 saturated heterocycles. The summed E-state index contributed by atoms with van der Waals surface area (Å²) >= 11 is 1.70. The smallest absolute Gasteiger partial charge is 0.262 e. The minimum absolute atomic E-state index is 0.134. The number of hydrogen-bond donors (Lipinski definition) is 1. The van der Waals surface area contributed by atoms with Crippen molar-refractivity contribution in [2.45, 2.75) is 52.1 Å². The molecule has 3 aromatic rings. The van der Waals surface area contributed by atoms with E-state index >= 15 is 0 Å². The van der Waals surface area contributed by atoms with E-state index in [1.165, 1.54) is 16.0 Å². The first-order chi connectivity index (χ1) is 13.0. The zero-order valence-corrected chi connectivity index (χ0v) is 17.1. The van der Waals surface area contributed by atoms with Crippen LogP contribution in [0.5, 0.6) is 0 Å². The Balaban J connectivity index is 1.47. The Morgan fingerprint density at radius 1 is 1.41 bits per heavy atom. The van der Waals surface area contributed by atoms with Crippen LogP contribution in [-0.2, 0) is 32.9 Å². The van der Waals surface area contributed by atoms with Crippen molar-refractivity contribution in [1.29, 1.82) is 0 Å². The lowest BCUT2D eigenvalue weighted by Gasteiger charge is -2.23. The Kier molecular flexibility index (Phi) is 5.14. The predicted molar refractivity (Wildman–Crippen MR) is 109 cm³/mol. The van der Waals surface area contributed by atoms with Gasteiger partial charge in [-0.25, -0.2) is 4.98 Å². The van der Waals surface area contributed by atoms with Gasteiger partial charge < -0.3 is 5.32 Å². The van der Waals surface area contributed by atoms with Crippen LogP contribution in [0.3, 0.4) is 0 Å². The van der Waals surface area contributed by atoms with Crippen LogP contribution in [0.25, 0.3) is 10.2 Å². The van der Waals surface area contributed by atoms with E-state index in [0.29, 0.717) is 12.0 Å². The highest BCUT2D eigenvalue weighted by Gasteiger charge is 2.25. The normalized spacial score (nSPS) is 17.0. The molecule has 27 heavy (non-hydrogen) atoms. The molecule has 0 bridgehead atoms. The second-order valence-electron chi connectivity index (χ2n) is 7.95. The fourth-order valence-corrected chi connectivity index (χ4v) is 5.18. The van der Waals surface area contributed by atoms with E-state index in [-0.39, 0.29) is 5.56 Å². The summed E-state index contributed by atoms with van der Waals surface area (Å²) in [4.78, 5) is 19.7. The van der Waals surface area contributed by atoms with Crippen LogP contribution >= 0.6 is 11.3 Å². The molecule has 0 radical (unpaired) electrons. The van der Waals surface area contributed by atoms with E-state index in [1.54, 1.807) is 22.2 Å². The summed E-state index contributed by atoms with van der Waals surface area (Å²) in [7, 11) is 1.95. The van der Waals surface area contributed by atoms with Gasteiger partial charge in [0.1, 0.15) is 4.83 Å². The number of aromatic nitrogens is 4. The zero-order chi connectivity index (χ0) is 19.0. The molecule has 144 valence electrons. The van der Waals surface area contributed by atoms with E-state index in [1.807, 2.05) is 17.9 Å². The van der Waals surface area contributed by atoms with Crippen LogP contribution in [-0.4, -0.2) is 31.9 Å². The molecule has 1 aliphatic carbocycles. The van der Waals surface area contributed by atoms with Gasteiger partial charge in [0, 0.05) is 30.7 Å². The standard InChI is InChI=1S/C20H27N5OS/c1-13(2)10-25-12-22-19-18(20(25)26)16-5-4-15(8-17(16)27-19)21-7-6-14-9-23-24(3)11-14/h9,11-13,15,21H,4-8,10H2,1-3H3. The van der Waals surface area contributed by atoms with Gasteiger partial charge in [-0.05, 0) is 49.3 Å². The average Bonchev–Trinajstić information content (AvgIpc) is 3.20. The number of aryl methyl sites for hydroxylation is 2. The molecule has 0 spiro atoms. The Bertz CT molecular complexity index is 1000. The molecule has 1 unspecified atom stereocenters. The van der Waals surface area contributed by atoms with Gasteiger partial charge in [0.05, 0.1) is 17.9 Å².